The van der Waals surface area contributed by atoms with Crippen molar-refractivity contribution in [2.45, 2.75) is 31.0 Å². The molecule has 1 aliphatic rings. The van der Waals surface area contributed by atoms with Crippen LogP contribution < -0.4 is 14.2 Å². The fourth-order valence-electron chi connectivity index (χ4n) is 3.43. The van der Waals surface area contributed by atoms with Crippen LogP contribution >= 0.6 is 0 Å². The minimum absolute atomic E-state index is 0.00366. The highest BCUT2D eigenvalue weighted by Gasteiger charge is 2.42. The summed E-state index contributed by atoms with van der Waals surface area (Å²) in [5.74, 6) is 0.528. The molecule has 3 N–H and O–H groups in total. The molecule has 1 aliphatic heterocycles. The molecule has 1 saturated heterocycles. The van der Waals surface area contributed by atoms with Gasteiger partial charge in [-0.15, -0.1) is 0 Å². The summed E-state index contributed by atoms with van der Waals surface area (Å²) in [6, 6.07) is 14.1. The lowest BCUT2D eigenvalue weighted by Gasteiger charge is -2.23. The van der Waals surface area contributed by atoms with Gasteiger partial charge in [0.15, 0.2) is 17.1 Å². The molecule has 0 aromatic heterocycles. The maximum Gasteiger partial charge on any atom is 0.336 e. The van der Waals surface area contributed by atoms with Crippen molar-refractivity contribution >= 4 is 5.97 Å². The van der Waals surface area contributed by atoms with Crippen LogP contribution in [-0.4, -0.2) is 66.0 Å². The van der Waals surface area contributed by atoms with E-state index in [-0.39, 0.29) is 32.8 Å². The average Bonchev–Trinajstić information content (AvgIpc) is 3.25. The fourth-order valence-corrected chi connectivity index (χ4v) is 3.43. The molecule has 8 nitrogen and oxygen atoms in total. The first-order chi connectivity index (χ1) is 15.0. The Morgan fingerprint density at radius 3 is 2.48 bits per heavy atom. The monoisotopic (exact) mass is 432 g/mol. The van der Waals surface area contributed by atoms with Crippen LogP contribution in [0.2, 0.25) is 0 Å². The summed E-state index contributed by atoms with van der Waals surface area (Å²) in [7, 11) is 0. The molecule has 0 amide bonds. The number of aliphatic hydroxyl groups excluding tert-OH is 2. The summed E-state index contributed by atoms with van der Waals surface area (Å²) in [5.41, 5.74) is -0.389. The van der Waals surface area contributed by atoms with Gasteiger partial charge in [0.25, 0.3) is 0 Å². The van der Waals surface area contributed by atoms with Crippen molar-refractivity contribution in [3.63, 3.8) is 0 Å². The van der Waals surface area contributed by atoms with E-state index in [0.717, 1.165) is 12.0 Å². The highest BCUT2D eigenvalue weighted by Crippen LogP contribution is 2.31. The molecule has 2 aromatic carbocycles. The molecule has 0 bridgehead atoms. The number of rotatable bonds is 12. The molecule has 0 aliphatic carbocycles. The van der Waals surface area contributed by atoms with Crippen LogP contribution in [0.4, 0.5) is 0 Å². The zero-order chi connectivity index (χ0) is 22.1. The SMILES string of the molecule is O=C(O)C1(Cc2cccc(OCC(O)COc3ccccc3OCCO)c2)CCCO1. The summed E-state index contributed by atoms with van der Waals surface area (Å²) >= 11 is 0. The number of aliphatic carboxylic acids is 1. The van der Waals surface area contributed by atoms with E-state index in [2.05, 4.69) is 0 Å². The second-order valence-corrected chi connectivity index (χ2v) is 7.37. The number of carboxylic acids is 1. The summed E-state index contributed by atoms with van der Waals surface area (Å²) in [5, 5.41) is 28.7. The molecule has 168 valence electrons. The maximum absolute atomic E-state index is 11.7. The number of para-hydroxylation sites is 2. The van der Waals surface area contributed by atoms with Gasteiger partial charge in [-0.25, -0.2) is 4.79 Å². The van der Waals surface area contributed by atoms with E-state index in [9.17, 15) is 15.0 Å². The Balaban J connectivity index is 1.51. The molecular formula is C23H28O8. The third kappa shape index (κ3) is 6.33. The Hall–Kier alpha value is -2.81. The van der Waals surface area contributed by atoms with Crippen LogP contribution in [0.3, 0.4) is 0 Å². The summed E-state index contributed by atoms with van der Waals surface area (Å²) < 4.78 is 22.2. The molecule has 8 heteroatoms. The number of hydrogen-bond donors (Lipinski definition) is 3. The van der Waals surface area contributed by atoms with Crippen LogP contribution in [0.15, 0.2) is 48.5 Å². The van der Waals surface area contributed by atoms with Gasteiger partial charge in [0.2, 0.25) is 0 Å². The van der Waals surface area contributed by atoms with E-state index in [1.165, 1.54) is 0 Å². The van der Waals surface area contributed by atoms with Crippen LogP contribution in [0.5, 0.6) is 17.2 Å². The molecule has 1 heterocycles. The summed E-state index contributed by atoms with van der Waals surface area (Å²) in [4.78, 5) is 11.7. The Bertz CT molecular complexity index is 847. The summed E-state index contributed by atoms with van der Waals surface area (Å²) in [6.45, 7) is 0.488. The number of aliphatic hydroxyl groups is 2. The van der Waals surface area contributed by atoms with E-state index in [4.69, 9.17) is 24.1 Å². The van der Waals surface area contributed by atoms with Gasteiger partial charge in [-0.2, -0.15) is 0 Å². The van der Waals surface area contributed by atoms with E-state index >= 15 is 0 Å². The lowest BCUT2D eigenvalue weighted by molar-refractivity contribution is -0.159. The predicted octanol–water partition coefficient (Wildman–Crippen LogP) is 2.05. The molecule has 3 rings (SSSR count). The van der Waals surface area contributed by atoms with Crippen molar-refractivity contribution in [2.75, 3.05) is 33.0 Å². The zero-order valence-corrected chi connectivity index (χ0v) is 17.2. The Kier molecular flexibility index (Phi) is 8.11. The first-order valence-corrected chi connectivity index (χ1v) is 10.2. The van der Waals surface area contributed by atoms with Gasteiger partial charge >= 0.3 is 5.97 Å². The van der Waals surface area contributed by atoms with E-state index in [1.807, 2.05) is 6.07 Å². The lowest BCUT2D eigenvalue weighted by Crippen LogP contribution is -2.40. The quantitative estimate of drug-likeness (QED) is 0.467. The molecule has 0 spiro atoms. The van der Waals surface area contributed by atoms with Crippen LogP contribution in [0, 0.1) is 0 Å². The standard InChI is InChI=1S/C23H28O8/c24-10-12-28-20-7-1-2-8-21(20)30-16-18(25)15-29-19-6-3-5-17(13-19)14-23(22(26)27)9-4-11-31-23/h1-3,5-8,13,18,24-25H,4,9-12,14-16H2,(H,26,27). The number of carboxylic acid groups (broad SMARTS) is 1. The minimum atomic E-state index is -1.18. The van der Waals surface area contributed by atoms with Crippen molar-refractivity contribution < 1.29 is 39.1 Å². The van der Waals surface area contributed by atoms with Crippen molar-refractivity contribution in [1.82, 2.24) is 0 Å². The number of benzene rings is 2. The molecule has 0 saturated carbocycles. The first kappa shape index (κ1) is 22.9. The van der Waals surface area contributed by atoms with Gasteiger partial charge in [-0.05, 0) is 42.7 Å². The molecule has 2 aromatic rings. The van der Waals surface area contributed by atoms with Gasteiger partial charge in [-0.3, -0.25) is 0 Å². The average molecular weight is 432 g/mol. The van der Waals surface area contributed by atoms with Crippen molar-refractivity contribution in [2.24, 2.45) is 0 Å². The van der Waals surface area contributed by atoms with Crippen molar-refractivity contribution in [3.8, 4) is 17.2 Å². The topological polar surface area (TPSA) is 115 Å². The lowest BCUT2D eigenvalue weighted by atomic mass is 9.91. The Morgan fingerprint density at radius 2 is 1.81 bits per heavy atom. The van der Waals surface area contributed by atoms with Gasteiger partial charge in [0.1, 0.15) is 31.7 Å². The Labute approximate surface area is 180 Å². The second kappa shape index (κ2) is 11.0. The minimum Gasteiger partial charge on any atom is -0.491 e. The number of ether oxygens (including phenoxy) is 4. The third-order valence-electron chi connectivity index (χ3n) is 4.95. The van der Waals surface area contributed by atoms with Gasteiger partial charge in [0.05, 0.1) is 6.61 Å². The number of carbonyl (C=O) groups is 1. The van der Waals surface area contributed by atoms with Crippen molar-refractivity contribution in [1.29, 1.82) is 0 Å². The van der Waals surface area contributed by atoms with Crippen LogP contribution in [0.1, 0.15) is 18.4 Å². The van der Waals surface area contributed by atoms with E-state index < -0.39 is 17.7 Å². The smallest absolute Gasteiger partial charge is 0.336 e. The zero-order valence-electron chi connectivity index (χ0n) is 17.2. The highest BCUT2D eigenvalue weighted by molar-refractivity contribution is 5.78. The normalized spacial score (nSPS) is 19.0. The molecule has 31 heavy (non-hydrogen) atoms. The first-order valence-electron chi connectivity index (χ1n) is 10.2. The number of hydrogen-bond acceptors (Lipinski definition) is 7. The highest BCUT2D eigenvalue weighted by atomic mass is 16.5. The van der Waals surface area contributed by atoms with Crippen LogP contribution in [-0.2, 0) is 16.0 Å². The fraction of sp³-hybridized carbons (Fsp3) is 0.435. The Morgan fingerprint density at radius 1 is 1.06 bits per heavy atom. The predicted molar refractivity (Wildman–Crippen MR) is 112 cm³/mol. The molecular weight excluding hydrogens is 404 g/mol. The van der Waals surface area contributed by atoms with Gasteiger partial charge < -0.3 is 34.3 Å². The largest absolute Gasteiger partial charge is 0.491 e. The van der Waals surface area contributed by atoms with Crippen LogP contribution in [0.25, 0.3) is 0 Å². The maximum atomic E-state index is 11.7. The molecule has 0 radical (unpaired) electrons. The van der Waals surface area contributed by atoms with Crippen molar-refractivity contribution in [3.05, 3.63) is 54.1 Å². The molecule has 2 atom stereocenters. The third-order valence-corrected chi connectivity index (χ3v) is 4.95. The summed E-state index contributed by atoms with van der Waals surface area (Å²) in [6.07, 6.45) is 0.573. The van der Waals surface area contributed by atoms with E-state index in [1.54, 1.807) is 42.5 Å². The van der Waals surface area contributed by atoms with Gasteiger partial charge in [0, 0.05) is 13.0 Å². The molecule has 1 fully saturated rings. The van der Waals surface area contributed by atoms with E-state index in [0.29, 0.717) is 30.3 Å². The van der Waals surface area contributed by atoms with Gasteiger partial charge in [-0.1, -0.05) is 24.3 Å². The molecule has 2 unspecified atom stereocenters. The second-order valence-electron chi connectivity index (χ2n) is 7.37.